The summed E-state index contributed by atoms with van der Waals surface area (Å²) in [6.45, 7) is 1.56. The van der Waals surface area contributed by atoms with E-state index in [1.807, 2.05) is 0 Å². The average Bonchev–Trinajstić information content (AvgIpc) is 2.62. The van der Waals surface area contributed by atoms with Crippen LogP contribution in [0.2, 0.25) is 0 Å². The van der Waals surface area contributed by atoms with Crippen LogP contribution < -0.4 is 10.6 Å². The van der Waals surface area contributed by atoms with Crippen molar-refractivity contribution < 1.29 is 30.4 Å². The lowest BCUT2D eigenvalue weighted by Crippen LogP contribution is -2.51. The fourth-order valence-electron chi connectivity index (χ4n) is 2.73. The summed E-state index contributed by atoms with van der Waals surface area (Å²) < 4.78 is 88.0. The number of halogens is 6. The zero-order chi connectivity index (χ0) is 20.9. The van der Waals surface area contributed by atoms with Crippen molar-refractivity contribution in [1.29, 1.82) is 0 Å². The van der Waals surface area contributed by atoms with E-state index in [-0.39, 0.29) is 74.0 Å². The molecule has 1 heterocycles. The number of nitrogens with one attached hydrogen (secondary N) is 2. The zero-order valence-corrected chi connectivity index (χ0v) is 18.6. The summed E-state index contributed by atoms with van der Waals surface area (Å²) in [6.07, 6.45) is 0.294. The van der Waals surface area contributed by atoms with Gasteiger partial charge in [-0.25, -0.2) is 22.2 Å². The van der Waals surface area contributed by atoms with Crippen LogP contribution in [-0.4, -0.2) is 49.9 Å². The standard InChI is InChI=1S/C16H21F5N4O2S.HI/c1-2-22-15(23-10-11-9-12(17)3-4-14(11)18)24-13-5-7-25(8-6-13)28(26,27)16(19,20)21;/h3-4,9,13H,2,5-8,10H2,1H3,(H2,22,23,24);1H. The minimum Gasteiger partial charge on any atom is -0.357 e. The van der Waals surface area contributed by atoms with Crippen molar-refractivity contribution in [2.45, 2.75) is 37.9 Å². The molecular weight excluding hydrogens is 534 g/mol. The lowest BCUT2D eigenvalue weighted by molar-refractivity contribution is -0.0494. The highest BCUT2D eigenvalue weighted by molar-refractivity contribution is 14.0. The second kappa shape index (κ2) is 10.7. The first-order valence-electron chi connectivity index (χ1n) is 8.59. The molecule has 0 aromatic heterocycles. The van der Waals surface area contributed by atoms with E-state index < -0.39 is 27.2 Å². The molecule has 0 spiro atoms. The van der Waals surface area contributed by atoms with Crippen molar-refractivity contribution in [2.75, 3.05) is 19.6 Å². The Balaban J connectivity index is 0.00000420. The molecule has 1 aliphatic heterocycles. The fourth-order valence-corrected chi connectivity index (χ4v) is 3.71. The Labute approximate surface area is 183 Å². The molecule has 1 saturated heterocycles. The molecule has 1 aromatic carbocycles. The van der Waals surface area contributed by atoms with Gasteiger partial charge in [-0.2, -0.15) is 17.5 Å². The highest BCUT2D eigenvalue weighted by Crippen LogP contribution is 2.28. The molecule has 0 radical (unpaired) electrons. The first-order valence-corrected chi connectivity index (χ1v) is 10.0. The molecular formula is C16H22F5IN4O2S. The molecule has 6 nitrogen and oxygen atoms in total. The van der Waals surface area contributed by atoms with E-state index in [2.05, 4.69) is 15.6 Å². The number of guanidine groups is 1. The third kappa shape index (κ3) is 6.91. The van der Waals surface area contributed by atoms with Crippen LogP contribution in [0.5, 0.6) is 0 Å². The maximum atomic E-state index is 13.7. The summed E-state index contributed by atoms with van der Waals surface area (Å²) in [4.78, 5) is 4.16. The lowest BCUT2D eigenvalue weighted by atomic mass is 10.1. The Hall–Kier alpha value is -1.22. The van der Waals surface area contributed by atoms with Crippen molar-refractivity contribution >= 4 is 40.0 Å². The predicted molar refractivity (Wildman–Crippen MR) is 109 cm³/mol. The van der Waals surface area contributed by atoms with Crippen LogP contribution in [0.15, 0.2) is 23.2 Å². The number of alkyl halides is 3. The summed E-state index contributed by atoms with van der Waals surface area (Å²) in [5, 5.41) is 5.90. The first-order chi connectivity index (χ1) is 13.0. The number of hydrogen-bond donors (Lipinski definition) is 2. The number of benzene rings is 1. The van der Waals surface area contributed by atoms with Gasteiger partial charge in [0.15, 0.2) is 5.96 Å². The van der Waals surface area contributed by atoms with Gasteiger partial charge < -0.3 is 10.6 Å². The van der Waals surface area contributed by atoms with Crippen molar-refractivity contribution in [3.8, 4) is 0 Å². The van der Waals surface area contributed by atoms with Gasteiger partial charge in [-0.1, -0.05) is 0 Å². The Morgan fingerprint density at radius 1 is 1.24 bits per heavy atom. The van der Waals surface area contributed by atoms with Crippen LogP contribution >= 0.6 is 24.0 Å². The number of nitrogens with zero attached hydrogens (tertiary/aromatic N) is 2. The van der Waals surface area contributed by atoms with Crippen LogP contribution in [0.3, 0.4) is 0 Å². The maximum Gasteiger partial charge on any atom is 0.511 e. The highest BCUT2D eigenvalue weighted by atomic mass is 127. The summed E-state index contributed by atoms with van der Waals surface area (Å²) in [7, 11) is -5.33. The van der Waals surface area contributed by atoms with Crippen LogP contribution in [0, 0.1) is 11.6 Å². The Morgan fingerprint density at radius 2 is 1.86 bits per heavy atom. The van der Waals surface area contributed by atoms with Crippen LogP contribution in [-0.2, 0) is 16.6 Å². The van der Waals surface area contributed by atoms with E-state index in [1.54, 1.807) is 6.92 Å². The molecule has 166 valence electrons. The van der Waals surface area contributed by atoms with Gasteiger partial charge in [0.1, 0.15) is 11.6 Å². The van der Waals surface area contributed by atoms with Gasteiger partial charge in [0.2, 0.25) is 0 Å². The minimum atomic E-state index is -5.33. The van der Waals surface area contributed by atoms with Crippen LogP contribution in [0.1, 0.15) is 25.3 Å². The van der Waals surface area contributed by atoms with Gasteiger partial charge in [0.25, 0.3) is 0 Å². The molecule has 1 fully saturated rings. The molecule has 0 aliphatic carbocycles. The molecule has 0 amide bonds. The average molecular weight is 556 g/mol. The number of hydrogen-bond acceptors (Lipinski definition) is 3. The third-order valence-electron chi connectivity index (χ3n) is 4.19. The molecule has 2 N–H and O–H groups in total. The number of aliphatic imine (C=N–C) groups is 1. The fraction of sp³-hybridized carbons (Fsp3) is 0.562. The molecule has 1 aromatic rings. The molecule has 2 rings (SSSR count). The Kier molecular flexibility index (Phi) is 9.53. The second-order valence-electron chi connectivity index (χ2n) is 6.20. The normalized spacial score (nSPS) is 17.0. The Bertz CT molecular complexity index is 812. The van der Waals surface area contributed by atoms with Crippen LogP contribution in [0.25, 0.3) is 0 Å². The topological polar surface area (TPSA) is 73.8 Å². The van der Waals surface area contributed by atoms with Crippen molar-refractivity contribution in [3.05, 3.63) is 35.4 Å². The lowest BCUT2D eigenvalue weighted by Gasteiger charge is -2.32. The summed E-state index contributed by atoms with van der Waals surface area (Å²) in [5.41, 5.74) is -5.26. The molecule has 0 bridgehead atoms. The molecule has 29 heavy (non-hydrogen) atoms. The molecule has 0 saturated carbocycles. The summed E-state index contributed by atoms with van der Waals surface area (Å²) in [6, 6.07) is 2.71. The van der Waals surface area contributed by atoms with Gasteiger partial charge >= 0.3 is 15.5 Å². The van der Waals surface area contributed by atoms with E-state index in [4.69, 9.17) is 0 Å². The second-order valence-corrected chi connectivity index (χ2v) is 8.13. The SMILES string of the molecule is CCNC(=NCc1cc(F)ccc1F)NC1CCN(S(=O)(=O)C(F)(F)F)CC1.I. The van der Waals surface area contributed by atoms with Gasteiger partial charge in [-0.15, -0.1) is 24.0 Å². The van der Waals surface area contributed by atoms with E-state index in [9.17, 15) is 30.4 Å². The number of sulfonamides is 1. The smallest absolute Gasteiger partial charge is 0.357 e. The monoisotopic (exact) mass is 556 g/mol. The quantitative estimate of drug-likeness (QED) is 0.253. The van der Waals surface area contributed by atoms with Crippen molar-refractivity contribution in [1.82, 2.24) is 14.9 Å². The molecule has 13 heteroatoms. The predicted octanol–water partition coefficient (Wildman–Crippen LogP) is 2.95. The van der Waals surface area contributed by atoms with E-state index >= 15 is 0 Å². The molecule has 0 atom stereocenters. The van der Waals surface area contributed by atoms with Crippen molar-refractivity contribution in [3.63, 3.8) is 0 Å². The first kappa shape index (κ1) is 25.8. The summed E-state index contributed by atoms with van der Waals surface area (Å²) in [5.74, 6) is -0.919. The molecule has 1 aliphatic rings. The Morgan fingerprint density at radius 3 is 2.41 bits per heavy atom. The summed E-state index contributed by atoms with van der Waals surface area (Å²) >= 11 is 0. The molecule has 0 unspecified atom stereocenters. The van der Waals surface area contributed by atoms with Crippen molar-refractivity contribution in [2.24, 2.45) is 4.99 Å². The van der Waals surface area contributed by atoms with Gasteiger partial charge in [0, 0.05) is 31.2 Å². The largest absolute Gasteiger partial charge is 0.511 e. The third-order valence-corrected chi connectivity index (χ3v) is 5.82. The maximum absolute atomic E-state index is 13.7. The highest BCUT2D eigenvalue weighted by Gasteiger charge is 2.50. The van der Waals surface area contributed by atoms with Crippen LogP contribution in [0.4, 0.5) is 22.0 Å². The zero-order valence-electron chi connectivity index (χ0n) is 15.5. The minimum absolute atomic E-state index is 0. The van der Waals surface area contributed by atoms with Gasteiger partial charge in [-0.05, 0) is 38.0 Å². The number of rotatable bonds is 5. The van der Waals surface area contributed by atoms with E-state index in [0.29, 0.717) is 10.8 Å². The van der Waals surface area contributed by atoms with Gasteiger partial charge in [0.05, 0.1) is 6.54 Å². The van der Waals surface area contributed by atoms with E-state index in [0.717, 1.165) is 18.2 Å². The van der Waals surface area contributed by atoms with E-state index in [1.165, 1.54) is 0 Å². The van der Waals surface area contributed by atoms with Gasteiger partial charge in [-0.3, -0.25) is 0 Å². The number of piperidine rings is 1.